The Hall–Kier alpha value is -2.06. The highest BCUT2D eigenvalue weighted by Gasteiger charge is 2.21. The van der Waals surface area contributed by atoms with Gasteiger partial charge >= 0.3 is 0 Å². The van der Waals surface area contributed by atoms with Crippen LogP contribution in [0.15, 0.2) is 12.4 Å². The highest BCUT2D eigenvalue weighted by molar-refractivity contribution is 5.92. The SMILES string of the molecule is Cc1cnc(C(=O)N(CCC(=O)N[C@H](C)C(C)C)CCN2CCOCC2)cn1. The lowest BCUT2D eigenvalue weighted by Crippen LogP contribution is -2.44. The first kappa shape index (κ1) is 22.2. The number of amides is 2. The Labute approximate surface area is 167 Å². The molecule has 1 fully saturated rings. The van der Waals surface area contributed by atoms with Gasteiger partial charge in [-0.2, -0.15) is 0 Å². The van der Waals surface area contributed by atoms with E-state index in [1.807, 2.05) is 13.8 Å². The summed E-state index contributed by atoms with van der Waals surface area (Å²) in [4.78, 5) is 37.5. The molecule has 1 aliphatic heterocycles. The van der Waals surface area contributed by atoms with Crippen LogP contribution in [0.4, 0.5) is 0 Å². The van der Waals surface area contributed by atoms with Crippen LogP contribution in [0.2, 0.25) is 0 Å². The molecule has 0 aromatic carbocycles. The fourth-order valence-electron chi connectivity index (χ4n) is 2.80. The van der Waals surface area contributed by atoms with E-state index in [9.17, 15) is 9.59 Å². The molecule has 1 saturated heterocycles. The van der Waals surface area contributed by atoms with Gasteiger partial charge in [-0.3, -0.25) is 19.5 Å². The maximum atomic E-state index is 12.9. The molecule has 0 radical (unpaired) electrons. The molecule has 1 N–H and O–H groups in total. The highest BCUT2D eigenvalue weighted by atomic mass is 16.5. The molecule has 0 saturated carbocycles. The van der Waals surface area contributed by atoms with Crippen molar-refractivity contribution >= 4 is 11.8 Å². The second kappa shape index (κ2) is 11.1. The summed E-state index contributed by atoms with van der Waals surface area (Å²) in [5.41, 5.74) is 1.07. The van der Waals surface area contributed by atoms with Crippen molar-refractivity contribution in [1.82, 2.24) is 25.1 Å². The molecule has 1 aliphatic rings. The number of nitrogens with zero attached hydrogens (tertiary/aromatic N) is 4. The lowest BCUT2D eigenvalue weighted by atomic mass is 10.1. The topological polar surface area (TPSA) is 87.7 Å². The molecule has 2 rings (SSSR count). The number of aromatic nitrogens is 2. The Kier molecular flexibility index (Phi) is 8.79. The van der Waals surface area contributed by atoms with Crippen LogP contribution in [0.5, 0.6) is 0 Å². The van der Waals surface area contributed by atoms with Crippen molar-refractivity contribution in [3.63, 3.8) is 0 Å². The first-order valence-corrected chi connectivity index (χ1v) is 10.0. The molecule has 156 valence electrons. The second-order valence-electron chi connectivity index (χ2n) is 7.64. The van der Waals surface area contributed by atoms with E-state index in [0.717, 1.165) is 25.3 Å². The Balaban J connectivity index is 1.97. The van der Waals surface area contributed by atoms with E-state index in [-0.39, 0.29) is 24.3 Å². The summed E-state index contributed by atoms with van der Waals surface area (Å²) in [6.07, 6.45) is 3.36. The largest absolute Gasteiger partial charge is 0.379 e. The van der Waals surface area contributed by atoms with E-state index < -0.39 is 0 Å². The molecule has 1 atom stereocenters. The third-order valence-electron chi connectivity index (χ3n) is 5.07. The number of nitrogens with one attached hydrogen (secondary N) is 1. The van der Waals surface area contributed by atoms with Crippen molar-refractivity contribution in [2.45, 2.75) is 40.2 Å². The molecule has 1 aromatic heterocycles. The quantitative estimate of drug-likeness (QED) is 0.679. The van der Waals surface area contributed by atoms with Crippen molar-refractivity contribution in [2.24, 2.45) is 5.92 Å². The fourth-order valence-corrected chi connectivity index (χ4v) is 2.80. The van der Waals surface area contributed by atoms with Gasteiger partial charge in [-0.25, -0.2) is 4.98 Å². The lowest BCUT2D eigenvalue weighted by Gasteiger charge is -2.30. The van der Waals surface area contributed by atoms with Gasteiger partial charge in [-0.05, 0) is 19.8 Å². The summed E-state index contributed by atoms with van der Waals surface area (Å²) < 4.78 is 5.38. The van der Waals surface area contributed by atoms with Crippen LogP contribution < -0.4 is 5.32 Å². The van der Waals surface area contributed by atoms with E-state index >= 15 is 0 Å². The Morgan fingerprint density at radius 1 is 1.18 bits per heavy atom. The third-order valence-corrected chi connectivity index (χ3v) is 5.07. The minimum absolute atomic E-state index is 0.0413. The first-order chi connectivity index (χ1) is 13.4. The standard InChI is InChI=1S/C20H33N5O3/c1-15(2)17(4)23-19(26)5-6-25(8-7-24-9-11-28-12-10-24)20(27)18-14-21-16(3)13-22-18/h13-15,17H,5-12H2,1-4H3,(H,23,26)/t17-/m1/s1. The van der Waals surface area contributed by atoms with E-state index in [1.165, 1.54) is 6.20 Å². The van der Waals surface area contributed by atoms with E-state index in [0.29, 0.717) is 37.9 Å². The summed E-state index contributed by atoms with van der Waals surface area (Å²) in [5, 5.41) is 2.99. The zero-order chi connectivity index (χ0) is 20.5. The van der Waals surface area contributed by atoms with Gasteiger partial charge in [0.1, 0.15) is 5.69 Å². The molecular weight excluding hydrogens is 358 g/mol. The van der Waals surface area contributed by atoms with Gasteiger partial charge in [0.05, 0.1) is 25.1 Å². The van der Waals surface area contributed by atoms with Gasteiger partial charge in [0.15, 0.2) is 0 Å². The van der Waals surface area contributed by atoms with E-state index in [1.54, 1.807) is 11.1 Å². The zero-order valence-corrected chi connectivity index (χ0v) is 17.5. The van der Waals surface area contributed by atoms with Gasteiger partial charge in [-0.15, -0.1) is 0 Å². The maximum Gasteiger partial charge on any atom is 0.274 e. The smallest absolute Gasteiger partial charge is 0.274 e. The lowest BCUT2D eigenvalue weighted by molar-refractivity contribution is -0.122. The molecular formula is C20H33N5O3. The molecule has 0 spiro atoms. The number of carbonyl (C=O) groups is 2. The number of aryl methyl sites for hydroxylation is 1. The summed E-state index contributed by atoms with van der Waals surface area (Å²) in [6.45, 7) is 12.8. The molecule has 0 bridgehead atoms. The average Bonchev–Trinajstić information content (AvgIpc) is 2.68. The number of morpholine rings is 1. The van der Waals surface area contributed by atoms with Crippen molar-refractivity contribution in [3.8, 4) is 0 Å². The van der Waals surface area contributed by atoms with Crippen LogP contribution in [0.3, 0.4) is 0 Å². The molecule has 8 heteroatoms. The van der Waals surface area contributed by atoms with Crippen molar-refractivity contribution in [1.29, 1.82) is 0 Å². The summed E-state index contributed by atoms with van der Waals surface area (Å²) in [5.74, 6) is 0.136. The minimum Gasteiger partial charge on any atom is -0.379 e. The average molecular weight is 392 g/mol. The van der Waals surface area contributed by atoms with Gasteiger partial charge < -0.3 is 15.0 Å². The van der Waals surface area contributed by atoms with Crippen molar-refractivity contribution < 1.29 is 14.3 Å². The molecule has 2 amide bonds. The normalized spacial score (nSPS) is 16.0. The third kappa shape index (κ3) is 7.16. The Morgan fingerprint density at radius 3 is 2.50 bits per heavy atom. The highest BCUT2D eigenvalue weighted by Crippen LogP contribution is 2.06. The number of hydrogen-bond acceptors (Lipinski definition) is 6. The van der Waals surface area contributed by atoms with Crippen LogP contribution in [0.1, 0.15) is 43.4 Å². The molecule has 2 heterocycles. The Morgan fingerprint density at radius 2 is 1.89 bits per heavy atom. The molecule has 8 nitrogen and oxygen atoms in total. The van der Waals surface area contributed by atoms with Crippen molar-refractivity contribution in [3.05, 3.63) is 23.8 Å². The number of ether oxygens (including phenoxy) is 1. The summed E-state index contributed by atoms with van der Waals surface area (Å²) in [7, 11) is 0. The summed E-state index contributed by atoms with van der Waals surface area (Å²) >= 11 is 0. The van der Waals surface area contributed by atoms with Gasteiger partial charge in [0.2, 0.25) is 5.91 Å². The second-order valence-corrected chi connectivity index (χ2v) is 7.64. The molecule has 28 heavy (non-hydrogen) atoms. The monoisotopic (exact) mass is 391 g/mol. The fraction of sp³-hybridized carbons (Fsp3) is 0.700. The van der Waals surface area contributed by atoms with Crippen molar-refractivity contribution in [2.75, 3.05) is 45.9 Å². The first-order valence-electron chi connectivity index (χ1n) is 10.0. The predicted molar refractivity (Wildman–Crippen MR) is 107 cm³/mol. The Bertz CT molecular complexity index is 629. The van der Waals surface area contributed by atoms with Crippen LogP contribution in [-0.2, 0) is 9.53 Å². The van der Waals surface area contributed by atoms with Crippen LogP contribution in [0, 0.1) is 12.8 Å². The van der Waals surface area contributed by atoms with Gasteiger partial charge in [-0.1, -0.05) is 13.8 Å². The molecule has 0 unspecified atom stereocenters. The number of rotatable bonds is 9. The number of hydrogen-bond donors (Lipinski definition) is 1. The van der Waals surface area contributed by atoms with E-state index in [2.05, 4.69) is 34.0 Å². The van der Waals surface area contributed by atoms with E-state index in [4.69, 9.17) is 4.74 Å². The van der Waals surface area contributed by atoms with Crippen LogP contribution in [0.25, 0.3) is 0 Å². The molecule has 1 aromatic rings. The zero-order valence-electron chi connectivity index (χ0n) is 17.5. The minimum atomic E-state index is -0.189. The van der Waals surface area contributed by atoms with Crippen LogP contribution >= 0.6 is 0 Å². The maximum absolute atomic E-state index is 12.9. The number of carbonyl (C=O) groups excluding carboxylic acids is 2. The summed E-state index contributed by atoms with van der Waals surface area (Å²) in [6, 6.07) is 0.105. The van der Waals surface area contributed by atoms with Gasteiger partial charge in [0, 0.05) is 51.4 Å². The molecule has 0 aliphatic carbocycles. The van der Waals surface area contributed by atoms with Crippen LogP contribution in [-0.4, -0.2) is 83.6 Å². The predicted octanol–water partition coefficient (Wildman–Crippen LogP) is 1.11. The van der Waals surface area contributed by atoms with Gasteiger partial charge in [0.25, 0.3) is 5.91 Å².